The van der Waals surface area contributed by atoms with Gasteiger partial charge in [-0.3, -0.25) is 0 Å². The largest absolute Gasteiger partial charge is 0.298 e. The van der Waals surface area contributed by atoms with E-state index in [1.165, 1.54) is 12.1 Å². The molecule has 21 heavy (non-hydrogen) atoms. The fourth-order valence-corrected chi connectivity index (χ4v) is 2.93. The normalized spacial score (nSPS) is 12.6. The molecule has 0 radical (unpaired) electrons. The maximum Gasteiger partial charge on any atom is 0.298 e. The summed E-state index contributed by atoms with van der Waals surface area (Å²) >= 11 is 5.97. The number of nitriles is 1. The zero-order chi connectivity index (χ0) is 15.5. The van der Waals surface area contributed by atoms with Gasteiger partial charge in [0.15, 0.2) is 6.10 Å². The summed E-state index contributed by atoms with van der Waals surface area (Å²) < 4.78 is 29.4. The van der Waals surface area contributed by atoms with Crippen molar-refractivity contribution in [3.63, 3.8) is 0 Å². The lowest BCUT2D eigenvalue weighted by molar-refractivity contribution is 0.268. The van der Waals surface area contributed by atoms with Crippen LogP contribution in [-0.4, -0.2) is 8.42 Å². The van der Waals surface area contributed by atoms with Crippen LogP contribution in [0.1, 0.15) is 17.2 Å². The van der Waals surface area contributed by atoms with E-state index in [0.717, 1.165) is 5.56 Å². The van der Waals surface area contributed by atoms with Gasteiger partial charge in [-0.15, -0.1) is 0 Å². The van der Waals surface area contributed by atoms with Crippen LogP contribution < -0.4 is 0 Å². The van der Waals surface area contributed by atoms with Crippen molar-refractivity contribution in [3.8, 4) is 6.07 Å². The van der Waals surface area contributed by atoms with Gasteiger partial charge in [0.1, 0.15) is 6.07 Å². The van der Waals surface area contributed by atoms with E-state index in [2.05, 4.69) is 0 Å². The molecule has 4 nitrogen and oxygen atoms in total. The van der Waals surface area contributed by atoms with E-state index >= 15 is 0 Å². The molecule has 0 amide bonds. The molecule has 0 fully saturated rings. The van der Waals surface area contributed by atoms with Gasteiger partial charge >= 0.3 is 0 Å². The number of halogens is 1. The summed E-state index contributed by atoms with van der Waals surface area (Å²) in [5.74, 6) is 0. The highest BCUT2D eigenvalue weighted by molar-refractivity contribution is 7.86. The zero-order valence-electron chi connectivity index (χ0n) is 11.2. The number of benzene rings is 2. The molecule has 2 aromatic rings. The number of hydrogen-bond acceptors (Lipinski definition) is 4. The van der Waals surface area contributed by atoms with Gasteiger partial charge in [0.05, 0.1) is 4.90 Å². The molecule has 0 heterocycles. The molecule has 0 unspecified atom stereocenters. The Labute approximate surface area is 128 Å². The standard InChI is InChI=1S/C15H12ClNO3S/c1-11-6-8-12(9-7-11)21(18,19)20-15(10-17)13-4-2-3-5-14(13)16/h2-9,15H,1H3/t15-/m1/s1. The van der Waals surface area contributed by atoms with E-state index in [1.807, 2.05) is 13.0 Å². The van der Waals surface area contributed by atoms with Crippen molar-refractivity contribution in [2.24, 2.45) is 0 Å². The molecular formula is C15H12ClNO3S. The Kier molecular flexibility index (Phi) is 4.63. The van der Waals surface area contributed by atoms with E-state index in [4.69, 9.17) is 21.0 Å². The number of rotatable bonds is 4. The highest BCUT2D eigenvalue weighted by atomic mass is 35.5. The molecular weight excluding hydrogens is 310 g/mol. The second-order valence-electron chi connectivity index (χ2n) is 4.39. The lowest BCUT2D eigenvalue weighted by atomic mass is 10.1. The third-order valence-corrected chi connectivity index (χ3v) is 4.48. The van der Waals surface area contributed by atoms with Gasteiger partial charge in [-0.2, -0.15) is 13.7 Å². The van der Waals surface area contributed by atoms with Crippen LogP contribution in [0.15, 0.2) is 53.4 Å². The molecule has 2 aromatic carbocycles. The van der Waals surface area contributed by atoms with E-state index in [0.29, 0.717) is 5.56 Å². The quantitative estimate of drug-likeness (QED) is 0.807. The van der Waals surface area contributed by atoms with Crippen LogP contribution in [0.5, 0.6) is 0 Å². The molecule has 0 aromatic heterocycles. The molecule has 0 saturated heterocycles. The molecule has 0 spiro atoms. The minimum atomic E-state index is -4.03. The van der Waals surface area contributed by atoms with Crippen LogP contribution in [-0.2, 0) is 14.3 Å². The van der Waals surface area contributed by atoms with Crippen molar-refractivity contribution >= 4 is 21.7 Å². The van der Waals surface area contributed by atoms with E-state index in [-0.39, 0.29) is 9.92 Å². The highest BCUT2D eigenvalue weighted by Gasteiger charge is 2.24. The topological polar surface area (TPSA) is 67.2 Å². The number of nitrogens with zero attached hydrogens (tertiary/aromatic N) is 1. The first kappa shape index (κ1) is 15.5. The molecule has 0 saturated carbocycles. The third kappa shape index (κ3) is 3.61. The van der Waals surface area contributed by atoms with Crippen molar-refractivity contribution in [3.05, 3.63) is 64.7 Å². The Bertz CT molecular complexity index is 779. The molecule has 0 bridgehead atoms. The first-order valence-corrected chi connectivity index (χ1v) is 7.86. The third-order valence-electron chi connectivity index (χ3n) is 2.84. The van der Waals surface area contributed by atoms with E-state index in [1.54, 1.807) is 36.4 Å². The van der Waals surface area contributed by atoms with Gasteiger partial charge in [0, 0.05) is 10.6 Å². The van der Waals surface area contributed by atoms with Crippen LogP contribution in [0.3, 0.4) is 0 Å². The Balaban J connectivity index is 2.33. The maximum atomic E-state index is 12.2. The predicted octanol–water partition coefficient (Wildman–Crippen LogP) is 3.62. The van der Waals surface area contributed by atoms with Gasteiger partial charge < -0.3 is 0 Å². The van der Waals surface area contributed by atoms with Gasteiger partial charge in [-0.1, -0.05) is 47.5 Å². The average Bonchev–Trinajstić information content (AvgIpc) is 2.46. The van der Waals surface area contributed by atoms with Crippen molar-refractivity contribution in [2.75, 3.05) is 0 Å². The first-order chi connectivity index (χ1) is 9.94. The Morgan fingerprint density at radius 2 is 1.76 bits per heavy atom. The lowest BCUT2D eigenvalue weighted by Gasteiger charge is -2.12. The second kappa shape index (κ2) is 6.27. The van der Waals surface area contributed by atoms with Crippen LogP contribution in [0.2, 0.25) is 5.02 Å². The summed E-state index contributed by atoms with van der Waals surface area (Å²) in [6, 6.07) is 14.5. The summed E-state index contributed by atoms with van der Waals surface area (Å²) in [4.78, 5) is 0.000374. The fourth-order valence-electron chi connectivity index (χ4n) is 1.72. The van der Waals surface area contributed by atoms with Crippen LogP contribution in [0, 0.1) is 18.3 Å². The smallest absolute Gasteiger partial charge is 0.243 e. The van der Waals surface area contributed by atoms with Crippen LogP contribution >= 0.6 is 11.6 Å². The highest BCUT2D eigenvalue weighted by Crippen LogP contribution is 2.28. The minimum absolute atomic E-state index is 0.000374. The van der Waals surface area contributed by atoms with Gasteiger partial charge in [0.25, 0.3) is 10.1 Å². The molecule has 0 N–H and O–H groups in total. The molecule has 2 rings (SSSR count). The summed E-state index contributed by atoms with van der Waals surface area (Å²) in [6.45, 7) is 1.85. The monoisotopic (exact) mass is 321 g/mol. The first-order valence-electron chi connectivity index (χ1n) is 6.08. The maximum absolute atomic E-state index is 12.2. The van der Waals surface area contributed by atoms with Crippen molar-refractivity contribution in [1.82, 2.24) is 0 Å². The molecule has 0 aliphatic rings. The van der Waals surface area contributed by atoms with E-state index < -0.39 is 16.2 Å². The van der Waals surface area contributed by atoms with Gasteiger partial charge in [-0.25, -0.2) is 4.18 Å². The Morgan fingerprint density at radius 3 is 2.33 bits per heavy atom. The molecule has 108 valence electrons. The average molecular weight is 322 g/mol. The lowest BCUT2D eigenvalue weighted by Crippen LogP contribution is -2.11. The number of hydrogen-bond donors (Lipinski definition) is 0. The van der Waals surface area contributed by atoms with Crippen molar-refractivity contribution in [2.45, 2.75) is 17.9 Å². The second-order valence-corrected chi connectivity index (χ2v) is 6.37. The summed E-state index contributed by atoms with van der Waals surface area (Å²) in [5.41, 5.74) is 1.24. The molecule has 1 atom stereocenters. The predicted molar refractivity (Wildman–Crippen MR) is 79.3 cm³/mol. The fraction of sp³-hybridized carbons (Fsp3) is 0.133. The Hall–Kier alpha value is -1.87. The Morgan fingerprint density at radius 1 is 1.14 bits per heavy atom. The molecule has 0 aliphatic heterocycles. The van der Waals surface area contributed by atoms with Crippen LogP contribution in [0.4, 0.5) is 0 Å². The van der Waals surface area contributed by atoms with Gasteiger partial charge in [0.2, 0.25) is 0 Å². The zero-order valence-corrected chi connectivity index (χ0v) is 12.7. The summed E-state index contributed by atoms with van der Waals surface area (Å²) in [5, 5.41) is 9.44. The number of aryl methyl sites for hydroxylation is 1. The van der Waals surface area contributed by atoms with Crippen molar-refractivity contribution < 1.29 is 12.6 Å². The summed E-state index contributed by atoms with van der Waals surface area (Å²) in [6.07, 6.45) is -1.29. The summed E-state index contributed by atoms with van der Waals surface area (Å²) in [7, 11) is -4.03. The van der Waals surface area contributed by atoms with E-state index in [9.17, 15) is 8.42 Å². The molecule has 6 heteroatoms. The van der Waals surface area contributed by atoms with Crippen molar-refractivity contribution in [1.29, 1.82) is 5.26 Å². The minimum Gasteiger partial charge on any atom is -0.243 e. The SMILES string of the molecule is Cc1ccc(S(=O)(=O)O[C@H](C#N)c2ccccc2Cl)cc1. The van der Waals surface area contributed by atoms with Gasteiger partial charge in [-0.05, 0) is 25.1 Å². The van der Waals surface area contributed by atoms with Crippen LogP contribution in [0.25, 0.3) is 0 Å². The molecule has 0 aliphatic carbocycles.